The van der Waals surface area contributed by atoms with Crippen molar-refractivity contribution in [2.24, 2.45) is 0 Å². The summed E-state index contributed by atoms with van der Waals surface area (Å²) in [7, 11) is 9.47. The molecule has 0 N–H and O–H groups in total. The van der Waals surface area contributed by atoms with Crippen LogP contribution in [0.3, 0.4) is 0 Å². The minimum atomic E-state index is 0.382. The van der Waals surface area contributed by atoms with Gasteiger partial charge in [0, 0.05) is 0 Å². The van der Waals surface area contributed by atoms with Crippen molar-refractivity contribution in [2.75, 3.05) is 0 Å². The molecule has 0 unspecified atom stereocenters. The predicted molar refractivity (Wildman–Crippen MR) is 33.7 cm³/mol. The molecule has 0 bridgehead atoms. The van der Waals surface area contributed by atoms with Gasteiger partial charge in [-0.1, -0.05) is 0 Å². The van der Waals surface area contributed by atoms with Gasteiger partial charge in [0.2, 0.25) is 0 Å². The van der Waals surface area contributed by atoms with Gasteiger partial charge in [-0.3, -0.25) is 0 Å². The van der Waals surface area contributed by atoms with Gasteiger partial charge in [0.05, 0.1) is 0 Å². The Morgan fingerprint density at radius 3 is 1.62 bits per heavy atom. The van der Waals surface area contributed by atoms with Gasteiger partial charge in [0.15, 0.2) is 0 Å². The van der Waals surface area contributed by atoms with Crippen LogP contribution in [-0.4, -0.2) is 0 Å². The summed E-state index contributed by atoms with van der Waals surface area (Å²) in [5.74, 6) is 0. The molecule has 48 valence electrons. The van der Waals surface area contributed by atoms with Crippen molar-refractivity contribution in [3.8, 4) is 0 Å². The predicted octanol–water partition coefficient (Wildman–Crippen LogP) is 2.78. The van der Waals surface area contributed by atoms with Gasteiger partial charge in [-0.15, -0.1) is 0 Å². The van der Waals surface area contributed by atoms with Crippen LogP contribution in [-0.2, 0) is 12.9 Å². The Balaban J connectivity index is 0.000000145. The molecule has 0 atom stereocenters. The van der Waals surface area contributed by atoms with Crippen molar-refractivity contribution in [2.45, 2.75) is 0 Å². The van der Waals surface area contributed by atoms with Gasteiger partial charge >= 0.3 is 33.2 Å². The van der Waals surface area contributed by atoms with E-state index >= 15 is 0 Å². The van der Waals surface area contributed by atoms with E-state index in [1.807, 2.05) is 30.3 Å². The number of halogens is 2. The zero-order valence-corrected chi connectivity index (χ0v) is 6.53. The molecule has 1 aromatic carbocycles. The topological polar surface area (TPSA) is 0 Å². The number of hydrogen-bond donors (Lipinski definition) is 0. The van der Waals surface area contributed by atoms with Gasteiger partial charge in [0.25, 0.3) is 0 Å². The third-order valence-electron chi connectivity index (χ3n) is 0.556. The van der Waals surface area contributed by atoms with Crippen molar-refractivity contribution < 1.29 is 12.9 Å². The third kappa shape index (κ3) is 6.44. The molecule has 0 aliphatic heterocycles. The van der Waals surface area contributed by atoms with E-state index in [4.69, 9.17) is 20.3 Å². The summed E-state index contributed by atoms with van der Waals surface area (Å²) in [4.78, 5) is 0. The van der Waals surface area contributed by atoms with Crippen LogP contribution in [0.2, 0.25) is 0 Å². The molecule has 0 saturated heterocycles. The third-order valence-corrected chi connectivity index (χ3v) is 0.556. The molecular weight excluding hydrogens is 190 g/mol. The average molecular weight is 195 g/mol. The SMILES string of the molecule is [Cl][Co+][Cl].c1cc[cH-]c1. The maximum absolute atomic E-state index is 4.73. The molecule has 0 heterocycles. The Hall–Kier alpha value is 0.436. The molecule has 0 amide bonds. The van der Waals surface area contributed by atoms with Gasteiger partial charge in [-0.2, -0.15) is 18.2 Å². The quantitative estimate of drug-likeness (QED) is 0.558. The molecule has 0 fully saturated rings. The molecule has 0 radical (unpaired) electrons. The van der Waals surface area contributed by atoms with E-state index < -0.39 is 0 Å². The first kappa shape index (κ1) is 8.44. The second-order valence-electron chi connectivity index (χ2n) is 1.01. The van der Waals surface area contributed by atoms with Gasteiger partial charge in [0.1, 0.15) is 0 Å². The fourth-order valence-corrected chi connectivity index (χ4v) is 0.321. The molecule has 1 aromatic rings. The van der Waals surface area contributed by atoms with Crippen LogP contribution in [0.4, 0.5) is 0 Å². The van der Waals surface area contributed by atoms with E-state index in [1.54, 1.807) is 0 Å². The average Bonchev–Trinajstić information content (AvgIpc) is 2.17. The van der Waals surface area contributed by atoms with Crippen LogP contribution in [0.25, 0.3) is 0 Å². The molecule has 0 spiro atoms. The maximum Gasteiger partial charge on any atom is -0.172 e. The van der Waals surface area contributed by atoms with Crippen molar-refractivity contribution in [3.63, 3.8) is 0 Å². The van der Waals surface area contributed by atoms with E-state index in [1.165, 1.54) is 0 Å². The summed E-state index contributed by atoms with van der Waals surface area (Å²) in [5, 5.41) is 0. The van der Waals surface area contributed by atoms with Crippen molar-refractivity contribution in [1.82, 2.24) is 0 Å². The summed E-state index contributed by atoms with van der Waals surface area (Å²) < 4.78 is 0. The van der Waals surface area contributed by atoms with Gasteiger partial charge in [-0.05, 0) is 0 Å². The summed E-state index contributed by atoms with van der Waals surface area (Å²) in [6.45, 7) is 0. The smallest absolute Gasteiger partial charge is 0.172 e. The van der Waals surface area contributed by atoms with E-state index in [0.29, 0.717) is 12.9 Å². The maximum atomic E-state index is 4.73. The minimum Gasteiger partial charge on any atom is -0.214 e. The van der Waals surface area contributed by atoms with Crippen molar-refractivity contribution in [3.05, 3.63) is 30.3 Å². The van der Waals surface area contributed by atoms with Crippen LogP contribution in [0.5, 0.6) is 0 Å². The second kappa shape index (κ2) is 7.44. The van der Waals surface area contributed by atoms with Crippen LogP contribution in [0.15, 0.2) is 30.3 Å². The largest absolute Gasteiger partial charge is 0.214 e. The molecule has 0 saturated carbocycles. The minimum absolute atomic E-state index is 0.382. The Morgan fingerprint density at radius 1 is 1.12 bits per heavy atom. The Labute approximate surface area is 63.6 Å². The molecule has 8 heavy (non-hydrogen) atoms. The molecule has 0 nitrogen and oxygen atoms in total. The zero-order valence-electron chi connectivity index (χ0n) is 3.98. The fourth-order valence-electron chi connectivity index (χ4n) is 0.321. The summed E-state index contributed by atoms with van der Waals surface area (Å²) >= 11 is 0.382. The first-order valence-corrected chi connectivity index (χ1v) is 4.78. The molecule has 1 rings (SSSR count). The number of rotatable bonds is 0. The summed E-state index contributed by atoms with van der Waals surface area (Å²) in [6, 6.07) is 10.0. The Kier molecular flexibility index (Phi) is 7.84. The van der Waals surface area contributed by atoms with Crippen LogP contribution < -0.4 is 0 Å². The van der Waals surface area contributed by atoms with E-state index in [0.717, 1.165) is 0 Å². The summed E-state index contributed by atoms with van der Waals surface area (Å²) in [5.41, 5.74) is 0. The number of hydrogen-bond acceptors (Lipinski definition) is 0. The molecule has 0 aliphatic carbocycles. The second-order valence-corrected chi connectivity index (χ2v) is 2.73. The molecular formula is C5H5Cl2Co. The monoisotopic (exact) mass is 194 g/mol. The van der Waals surface area contributed by atoms with Crippen molar-refractivity contribution >= 4 is 20.3 Å². The van der Waals surface area contributed by atoms with Gasteiger partial charge in [-0.25, -0.2) is 12.1 Å². The first-order chi connectivity index (χ1) is 3.91. The molecule has 3 heteroatoms. The Bertz CT molecular complexity index is 77.3. The standard InChI is InChI=1S/C5H5.2ClH.Co/c1-2-4-5-3-1;;;/h1-5H;2*1H;/q-1;;;+3/p-2. The van der Waals surface area contributed by atoms with Crippen LogP contribution >= 0.6 is 20.3 Å². The van der Waals surface area contributed by atoms with E-state index in [9.17, 15) is 0 Å². The van der Waals surface area contributed by atoms with E-state index in [-0.39, 0.29) is 0 Å². The normalized spacial score (nSPS) is 7.75. The van der Waals surface area contributed by atoms with Gasteiger partial charge < -0.3 is 0 Å². The molecule has 0 aromatic heterocycles. The van der Waals surface area contributed by atoms with Crippen LogP contribution in [0.1, 0.15) is 0 Å². The summed E-state index contributed by atoms with van der Waals surface area (Å²) in [6.07, 6.45) is 0. The fraction of sp³-hybridized carbons (Fsp3) is 0. The van der Waals surface area contributed by atoms with E-state index in [2.05, 4.69) is 0 Å². The van der Waals surface area contributed by atoms with Crippen molar-refractivity contribution in [1.29, 1.82) is 0 Å². The first-order valence-electron chi connectivity index (χ1n) is 1.92. The molecule has 0 aliphatic rings. The zero-order chi connectivity index (χ0) is 6.24. The van der Waals surface area contributed by atoms with Crippen LogP contribution in [0, 0.1) is 0 Å². The Morgan fingerprint density at radius 2 is 1.50 bits per heavy atom.